The van der Waals surface area contributed by atoms with Gasteiger partial charge in [-0.3, -0.25) is 48.1 Å². The number of aliphatic hydroxyl groups is 1. The van der Waals surface area contributed by atoms with Crippen LogP contribution in [0.5, 0.6) is 5.75 Å². The summed E-state index contributed by atoms with van der Waals surface area (Å²) in [5.41, 5.74) is 31.0. The van der Waals surface area contributed by atoms with Crippen LogP contribution >= 0.6 is 0 Å². The number of aromatic nitrogens is 2. The van der Waals surface area contributed by atoms with Gasteiger partial charge in [0, 0.05) is 67.9 Å². The number of nitrogens with two attached hydrogens (primary N) is 5. The van der Waals surface area contributed by atoms with E-state index in [0.717, 1.165) is 0 Å². The number of nitrogens with zero attached hydrogens (tertiary/aromatic N) is 4. The largest absolute Gasteiger partial charge is 0.508 e. The van der Waals surface area contributed by atoms with Crippen molar-refractivity contribution in [2.45, 2.75) is 126 Å². The number of primary amides is 1. The van der Waals surface area contributed by atoms with Crippen LogP contribution in [0.15, 0.2) is 72.2 Å². The predicted molar refractivity (Wildman–Crippen MR) is 306 cm³/mol. The van der Waals surface area contributed by atoms with Gasteiger partial charge in [-0.1, -0.05) is 38.1 Å². The molecule has 1 unspecified atom stereocenters. The van der Waals surface area contributed by atoms with Gasteiger partial charge in [-0.05, 0) is 68.2 Å². The van der Waals surface area contributed by atoms with Gasteiger partial charge in [0.05, 0.1) is 32.1 Å². The Balaban J connectivity index is 1.14. The van der Waals surface area contributed by atoms with E-state index in [9.17, 15) is 63.0 Å². The maximum Gasteiger partial charge on any atom is 0.353 e. The first kappa shape index (κ1) is 65.0. The van der Waals surface area contributed by atoms with E-state index in [1.165, 1.54) is 47.9 Å². The Morgan fingerprint density at radius 3 is 2.14 bits per heavy atom. The highest BCUT2D eigenvalue weighted by atomic mass is 16.3. The standard InChI is InChI=1S/C55H75N17O13/c1-29(2)19-39(49(80)68-37(8-5-17-62-55(59)60)52(83)71-18-6-9-42(71)51(82)63-24-44(58)75)67-46(77)25-64-48(79)40(20-30-11-13-33(74)14-12-30)69-50(81)41(27-73)70-47(78)35(56)21-31-26-72(43-10-4-3-7-34(31)43,54(85)38-15-16-45(76)66-38)53(84)36(57)22-32-23-61-28-65-32/h3-4,7,10-14,23,26,28-29,35-42,73H,5-6,8-9,15-22,24-25,27,56-57H2,1-2H3,(H14-,58,59,60,61,62,63,64,65,66,67,68,69,70,74,75,76,77,78,79,80,81,82)/p+1/t35-,36-,37-,38-,39-,40-,41-,42-,72?/m0/s1. The molecule has 2 saturated heterocycles. The van der Waals surface area contributed by atoms with E-state index in [-0.39, 0.29) is 106 Å². The lowest BCUT2D eigenvalue weighted by Gasteiger charge is -2.31. The zero-order chi connectivity index (χ0) is 62.1. The number of benzene rings is 2. The number of imide groups is 1. The number of quaternary nitrogens is 1. The van der Waals surface area contributed by atoms with Gasteiger partial charge in [0.25, 0.3) is 0 Å². The van der Waals surface area contributed by atoms with E-state index >= 15 is 0 Å². The molecule has 0 aliphatic carbocycles. The SMILES string of the molecule is CC(C)C[C@H](NC(=O)CNC(=O)[C@H](Cc1ccc(O)cc1)NC(=O)[C@H](CO)NC(=O)[C@@H](N)CC1=C[N+](C(=O)[C@@H]2CCC(=O)N2)(C(=O)[C@@H](N)Cc2cnc[nH]2)c2ccccc21)C(=O)N[C@@H](CCCN=C(N)N)C(=O)N1CCC[C@H]1C(=O)NCC(N)=O. The van der Waals surface area contributed by atoms with E-state index in [1.54, 1.807) is 38.1 Å². The second kappa shape index (κ2) is 29.9. The van der Waals surface area contributed by atoms with Gasteiger partial charge in [0.2, 0.25) is 53.2 Å². The Kier molecular flexibility index (Phi) is 22.9. The van der Waals surface area contributed by atoms with Gasteiger partial charge < -0.3 is 86.0 Å². The molecule has 6 rings (SSSR count). The average Bonchev–Trinajstić information content (AvgIpc) is 2.97. The molecule has 0 bridgehead atoms. The number of aromatic hydroxyl groups is 1. The van der Waals surface area contributed by atoms with Crippen molar-refractivity contribution in [1.29, 1.82) is 0 Å². The van der Waals surface area contributed by atoms with E-state index in [4.69, 9.17) is 28.7 Å². The number of carbonyl (C=O) groups is 11. The molecule has 3 aliphatic rings. The normalized spacial score (nSPS) is 19.1. The van der Waals surface area contributed by atoms with Crippen molar-refractivity contribution >= 4 is 82.2 Å². The minimum atomic E-state index is -1.72. The summed E-state index contributed by atoms with van der Waals surface area (Å²) in [6.45, 7) is 1.64. The van der Waals surface area contributed by atoms with E-state index < -0.39 is 132 Å². The molecule has 0 radical (unpaired) electrons. The molecule has 20 N–H and O–H groups in total. The van der Waals surface area contributed by atoms with E-state index in [1.807, 2.05) is 0 Å². The Labute approximate surface area is 488 Å². The number of rotatable bonds is 29. The van der Waals surface area contributed by atoms with Crippen LogP contribution in [0.2, 0.25) is 0 Å². The minimum absolute atomic E-state index is 0.0159. The Bertz CT molecular complexity index is 3020. The van der Waals surface area contributed by atoms with Crippen molar-refractivity contribution < 1.29 is 63.0 Å². The first-order valence-electron chi connectivity index (χ1n) is 27.8. The number of guanidine groups is 1. The summed E-state index contributed by atoms with van der Waals surface area (Å²) in [5, 5.41) is 38.2. The number of imidazole rings is 1. The number of likely N-dealkylation sites (tertiary alicyclic amines) is 1. The van der Waals surface area contributed by atoms with Crippen molar-refractivity contribution in [3.05, 3.63) is 84.1 Å². The summed E-state index contributed by atoms with van der Waals surface area (Å²) in [5.74, 6) is -8.87. The topological polar surface area (TPSA) is 487 Å². The number of phenolic OH excluding ortho intramolecular Hbond substituents is 1. The van der Waals surface area contributed by atoms with Gasteiger partial charge >= 0.3 is 11.8 Å². The molecular formula is C55H76N17O13+. The average molecular weight is 1180 g/mol. The fraction of sp³-hybridized carbons (Fsp3) is 0.473. The Hall–Kier alpha value is -9.13. The van der Waals surface area contributed by atoms with Gasteiger partial charge in [-0.25, -0.2) is 14.6 Å². The van der Waals surface area contributed by atoms with Crippen molar-refractivity contribution in [1.82, 2.24) is 56.6 Å². The number of carbonyl (C=O) groups excluding carboxylic acids is 11. The smallest absolute Gasteiger partial charge is 0.353 e. The number of hydrogen-bond donors (Lipinski definition) is 15. The van der Waals surface area contributed by atoms with Crippen molar-refractivity contribution in [2.75, 3.05) is 32.8 Å². The first-order chi connectivity index (χ1) is 40.4. The summed E-state index contributed by atoms with van der Waals surface area (Å²) in [4.78, 5) is 162. The van der Waals surface area contributed by atoms with Crippen LogP contribution < -0.4 is 70.4 Å². The predicted octanol–water partition coefficient (Wildman–Crippen LogP) is -4.62. The molecule has 30 heteroatoms. The van der Waals surface area contributed by atoms with Crippen LogP contribution in [0.3, 0.4) is 0 Å². The number of amides is 11. The van der Waals surface area contributed by atoms with Crippen LogP contribution in [0.1, 0.15) is 82.0 Å². The molecule has 0 saturated carbocycles. The second-order valence-electron chi connectivity index (χ2n) is 21.5. The van der Waals surface area contributed by atoms with Crippen molar-refractivity contribution in [2.24, 2.45) is 39.6 Å². The number of hydrogen-bond acceptors (Lipinski definition) is 17. The molecule has 11 amide bonds. The molecule has 2 fully saturated rings. The van der Waals surface area contributed by atoms with Crippen LogP contribution in [-0.4, -0.2) is 177 Å². The molecule has 3 aromatic rings. The molecule has 9 atom stereocenters. The summed E-state index contributed by atoms with van der Waals surface area (Å²) in [6, 6.07) is 1.58. The molecule has 0 spiro atoms. The number of fused-ring (bicyclic) bond motifs is 1. The second-order valence-corrected chi connectivity index (χ2v) is 21.5. The van der Waals surface area contributed by atoms with Crippen LogP contribution in [0.25, 0.3) is 5.57 Å². The number of aromatic amines is 1. The number of para-hydroxylation sites is 1. The zero-order valence-electron chi connectivity index (χ0n) is 47.2. The minimum Gasteiger partial charge on any atom is -0.508 e. The number of aliphatic imine (C=N–C) groups is 1. The van der Waals surface area contributed by atoms with Crippen LogP contribution in [0, 0.1) is 5.92 Å². The lowest BCUT2D eigenvalue weighted by atomic mass is 9.99. The first-order valence-corrected chi connectivity index (χ1v) is 27.8. The van der Waals surface area contributed by atoms with Gasteiger partial charge in [0.15, 0.2) is 11.6 Å². The molecule has 4 heterocycles. The van der Waals surface area contributed by atoms with E-state index in [2.05, 4.69) is 52.2 Å². The third kappa shape index (κ3) is 17.2. The quantitative estimate of drug-likeness (QED) is 0.0135. The zero-order valence-corrected chi connectivity index (χ0v) is 47.2. The highest BCUT2D eigenvalue weighted by Crippen LogP contribution is 2.44. The van der Waals surface area contributed by atoms with E-state index in [0.29, 0.717) is 23.2 Å². The molecule has 2 aromatic carbocycles. The summed E-state index contributed by atoms with van der Waals surface area (Å²) >= 11 is 0. The van der Waals surface area contributed by atoms with Gasteiger partial charge in [0.1, 0.15) is 54.2 Å². The van der Waals surface area contributed by atoms with Crippen molar-refractivity contribution in [3.8, 4) is 5.75 Å². The van der Waals surface area contributed by atoms with Crippen molar-refractivity contribution in [3.63, 3.8) is 0 Å². The highest BCUT2D eigenvalue weighted by molar-refractivity contribution is 6.19. The molecule has 85 heavy (non-hydrogen) atoms. The van der Waals surface area contributed by atoms with Gasteiger partial charge in [-0.2, -0.15) is 0 Å². The number of aliphatic hydroxyl groups excluding tert-OH is 1. The molecule has 458 valence electrons. The highest BCUT2D eigenvalue weighted by Gasteiger charge is 2.56. The maximum atomic E-state index is 14.6. The fourth-order valence-corrected chi connectivity index (χ4v) is 10.3. The molecule has 3 aliphatic heterocycles. The Morgan fingerprint density at radius 1 is 0.800 bits per heavy atom. The fourth-order valence-electron chi connectivity index (χ4n) is 10.3. The summed E-state index contributed by atoms with van der Waals surface area (Å²) in [6.07, 6.45) is 4.83. The number of phenols is 1. The number of nitrogens with one attached hydrogen (secondary N) is 8. The molecule has 1 aromatic heterocycles. The van der Waals surface area contributed by atoms with Crippen LogP contribution in [0.4, 0.5) is 5.69 Å². The lowest BCUT2D eigenvalue weighted by molar-refractivity contribution is -0.143. The van der Waals surface area contributed by atoms with Gasteiger partial charge in [-0.15, -0.1) is 4.48 Å². The third-order valence-corrected chi connectivity index (χ3v) is 14.5. The monoisotopic (exact) mass is 1180 g/mol. The number of H-pyrrole nitrogens is 1. The lowest BCUT2D eigenvalue weighted by Crippen LogP contribution is -2.64. The summed E-state index contributed by atoms with van der Waals surface area (Å²) in [7, 11) is 0. The Morgan fingerprint density at radius 2 is 1.49 bits per heavy atom. The molecule has 30 nitrogen and oxygen atoms in total. The summed E-state index contributed by atoms with van der Waals surface area (Å²) < 4.78 is -1.04. The van der Waals surface area contributed by atoms with Crippen LogP contribution in [-0.2, 0) is 65.6 Å². The third-order valence-electron chi connectivity index (χ3n) is 14.5. The molecular weight excluding hydrogens is 1110 g/mol. The maximum absolute atomic E-state index is 14.6.